The fourth-order valence-corrected chi connectivity index (χ4v) is 1.91. The Kier molecular flexibility index (Phi) is 2.90. The van der Waals surface area contributed by atoms with Crippen LogP contribution >= 0.6 is 23.2 Å². The summed E-state index contributed by atoms with van der Waals surface area (Å²) in [5.41, 5.74) is -0.528. The molecule has 5 nitrogen and oxygen atoms in total. The molecule has 0 saturated heterocycles. The Balaban J connectivity index is 2.26. The summed E-state index contributed by atoms with van der Waals surface area (Å²) in [6, 6.07) is 1.47. The Morgan fingerprint density at radius 1 is 1.44 bits per heavy atom. The molecule has 1 aromatic rings. The molecule has 0 aliphatic heterocycles. The topological polar surface area (TPSA) is 75.1 Å². The minimum absolute atomic E-state index is 0.122. The smallest absolute Gasteiger partial charge is 0.329 e. The van der Waals surface area contributed by atoms with Crippen molar-refractivity contribution in [2.24, 2.45) is 0 Å². The number of halogens is 2. The Hall–Kier alpha value is -1.07. The molecule has 0 radical (unpaired) electrons. The zero-order chi connectivity index (χ0) is 11.8. The number of anilines is 1. The summed E-state index contributed by atoms with van der Waals surface area (Å²) >= 11 is 11.5. The van der Waals surface area contributed by atoms with Crippen molar-refractivity contribution < 1.29 is 9.90 Å². The van der Waals surface area contributed by atoms with Crippen LogP contribution in [0.3, 0.4) is 0 Å². The van der Waals surface area contributed by atoms with Gasteiger partial charge in [0.25, 0.3) is 0 Å². The first kappa shape index (κ1) is 11.4. The molecule has 2 rings (SSSR count). The summed E-state index contributed by atoms with van der Waals surface area (Å²) in [6.45, 7) is 0. The molecule has 0 bridgehead atoms. The molecule has 0 atom stereocenters. The maximum atomic E-state index is 11.1. The molecule has 16 heavy (non-hydrogen) atoms. The van der Waals surface area contributed by atoms with E-state index in [9.17, 15) is 4.79 Å². The van der Waals surface area contributed by atoms with E-state index in [0.29, 0.717) is 18.5 Å². The standard InChI is InChI=1S/C9H9Cl2N3O2/c10-6-4-5(7(11)14-13-6)12-9(8(15)16)2-1-3-9/h4H,1-3H2,(H,12,13)(H,15,16). The van der Waals surface area contributed by atoms with Crippen LogP contribution in [0.5, 0.6) is 0 Å². The average molecular weight is 262 g/mol. The lowest BCUT2D eigenvalue weighted by Gasteiger charge is -2.39. The van der Waals surface area contributed by atoms with Gasteiger partial charge in [-0.3, -0.25) is 0 Å². The van der Waals surface area contributed by atoms with Gasteiger partial charge in [0.2, 0.25) is 0 Å². The van der Waals surface area contributed by atoms with Gasteiger partial charge in [-0.2, -0.15) is 0 Å². The Morgan fingerprint density at radius 2 is 2.12 bits per heavy atom. The SMILES string of the molecule is O=C(O)C1(Nc2cc(Cl)nnc2Cl)CCC1. The summed E-state index contributed by atoms with van der Waals surface area (Å²) < 4.78 is 0. The number of carboxylic acids is 1. The van der Waals surface area contributed by atoms with Crippen molar-refractivity contribution in [3.8, 4) is 0 Å². The first-order valence-corrected chi connectivity index (χ1v) is 5.49. The van der Waals surface area contributed by atoms with Crippen molar-refractivity contribution in [3.63, 3.8) is 0 Å². The molecule has 0 unspecified atom stereocenters. The van der Waals surface area contributed by atoms with Crippen LogP contribution in [0, 0.1) is 0 Å². The minimum atomic E-state index is -0.935. The van der Waals surface area contributed by atoms with E-state index in [1.807, 2.05) is 0 Å². The van der Waals surface area contributed by atoms with E-state index in [0.717, 1.165) is 6.42 Å². The van der Waals surface area contributed by atoms with Gasteiger partial charge in [-0.1, -0.05) is 23.2 Å². The lowest BCUT2D eigenvalue weighted by molar-refractivity contribution is -0.145. The van der Waals surface area contributed by atoms with Crippen LogP contribution in [0.4, 0.5) is 5.69 Å². The first-order chi connectivity index (χ1) is 7.53. The fraction of sp³-hybridized carbons (Fsp3) is 0.444. The predicted molar refractivity (Wildman–Crippen MR) is 59.9 cm³/mol. The largest absolute Gasteiger partial charge is 0.480 e. The third-order valence-electron chi connectivity index (χ3n) is 2.71. The average Bonchev–Trinajstić information content (AvgIpc) is 2.16. The zero-order valence-corrected chi connectivity index (χ0v) is 9.72. The van der Waals surface area contributed by atoms with Crippen LogP contribution in [0.1, 0.15) is 19.3 Å². The minimum Gasteiger partial charge on any atom is -0.480 e. The first-order valence-electron chi connectivity index (χ1n) is 4.74. The second kappa shape index (κ2) is 4.07. The molecule has 1 saturated carbocycles. The van der Waals surface area contributed by atoms with E-state index >= 15 is 0 Å². The van der Waals surface area contributed by atoms with Gasteiger partial charge in [0.1, 0.15) is 5.54 Å². The Bertz CT molecular complexity index is 435. The van der Waals surface area contributed by atoms with Gasteiger partial charge in [0.05, 0.1) is 5.69 Å². The van der Waals surface area contributed by atoms with E-state index in [4.69, 9.17) is 28.3 Å². The summed E-state index contributed by atoms with van der Waals surface area (Å²) in [5.74, 6) is -0.886. The van der Waals surface area contributed by atoms with E-state index in [1.165, 1.54) is 6.07 Å². The van der Waals surface area contributed by atoms with Crippen molar-refractivity contribution in [2.75, 3.05) is 5.32 Å². The second-order valence-electron chi connectivity index (χ2n) is 3.74. The molecule has 1 aliphatic rings. The fourth-order valence-electron chi connectivity index (χ4n) is 1.62. The summed E-state index contributed by atoms with van der Waals surface area (Å²) in [5, 5.41) is 19.5. The van der Waals surface area contributed by atoms with Crippen LogP contribution in [0.15, 0.2) is 6.07 Å². The molecular formula is C9H9Cl2N3O2. The highest BCUT2D eigenvalue weighted by atomic mass is 35.5. The maximum Gasteiger partial charge on any atom is 0.329 e. The van der Waals surface area contributed by atoms with Gasteiger partial charge in [-0.05, 0) is 19.3 Å². The van der Waals surface area contributed by atoms with E-state index in [-0.39, 0.29) is 10.3 Å². The number of aromatic nitrogens is 2. The van der Waals surface area contributed by atoms with Crippen molar-refractivity contribution in [2.45, 2.75) is 24.8 Å². The van der Waals surface area contributed by atoms with Gasteiger partial charge < -0.3 is 10.4 Å². The van der Waals surface area contributed by atoms with Crippen LogP contribution in [0.25, 0.3) is 0 Å². The number of hydrogen-bond acceptors (Lipinski definition) is 4. The highest BCUT2D eigenvalue weighted by Crippen LogP contribution is 2.37. The van der Waals surface area contributed by atoms with Gasteiger partial charge in [0, 0.05) is 6.07 Å². The molecule has 1 aliphatic carbocycles. The molecule has 1 fully saturated rings. The lowest BCUT2D eigenvalue weighted by atomic mass is 9.76. The van der Waals surface area contributed by atoms with Crippen LogP contribution < -0.4 is 5.32 Å². The van der Waals surface area contributed by atoms with E-state index in [2.05, 4.69) is 15.5 Å². The number of carboxylic acid groups (broad SMARTS) is 1. The Morgan fingerprint density at radius 3 is 2.62 bits per heavy atom. The summed E-state index contributed by atoms with van der Waals surface area (Å²) in [6.07, 6.45) is 2.01. The molecule has 0 spiro atoms. The van der Waals surface area contributed by atoms with Gasteiger partial charge in [-0.25, -0.2) is 4.79 Å². The van der Waals surface area contributed by atoms with E-state index in [1.54, 1.807) is 0 Å². The quantitative estimate of drug-likeness (QED) is 0.873. The number of carbonyl (C=O) groups is 1. The van der Waals surface area contributed by atoms with Gasteiger partial charge in [0.15, 0.2) is 10.3 Å². The summed E-state index contributed by atoms with van der Waals surface area (Å²) in [7, 11) is 0. The molecule has 2 N–H and O–H groups in total. The molecule has 0 aromatic carbocycles. The normalized spacial score (nSPS) is 17.6. The van der Waals surface area contributed by atoms with Crippen molar-refractivity contribution >= 4 is 34.9 Å². The number of rotatable bonds is 3. The number of aliphatic carboxylic acids is 1. The van der Waals surface area contributed by atoms with E-state index < -0.39 is 11.5 Å². The maximum absolute atomic E-state index is 11.1. The number of nitrogens with one attached hydrogen (secondary N) is 1. The van der Waals surface area contributed by atoms with Crippen molar-refractivity contribution in [3.05, 3.63) is 16.4 Å². The van der Waals surface area contributed by atoms with Crippen LogP contribution in [-0.4, -0.2) is 26.8 Å². The van der Waals surface area contributed by atoms with Crippen molar-refractivity contribution in [1.29, 1.82) is 0 Å². The third kappa shape index (κ3) is 1.92. The molecule has 7 heteroatoms. The predicted octanol–water partition coefficient (Wildman–Crippen LogP) is 2.20. The van der Waals surface area contributed by atoms with Crippen LogP contribution in [0.2, 0.25) is 10.3 Å². The molecule has 86 valence electrons. The summed E-state index contributed by atoms with van der Waals surface area (Å²) in [4.78, 5) is 11.1. The molecule has 1 aromatic heterocycles. The number of nitrogens with zero attached hydrogens (tertiary/aromatic N) is 2. The highest BCUT2D eigenvalue weighted by molar-refractivity contribution is 6.33. The monoisotopic (exact) mass is 261 g/mol. The number of hydrogen-bond donors (Lipinski definition) is 2. The molecule has 1 heterocycles. The van der Waals surface area contributed by atoms with Gasteiger partial charge in [-0.15, -0.1) is 10.2 Å². The molecule has 0 amide bonds. The Labute approximate surface area is 102 Å². The van der Waals surface area contributed by atoms with Crippen molar-refractivity contribution in [1.82, 2.24) is 10.2 Å². The lowest BCUT2D eigenvalue weighted by Crippen LogP contribution is -2.52. The zero-order valence-electron chi connectivity index (χ0n) is 8.20. The van der Waals surface area contributed by atoms with Gasteiger partial charge >= 0.3 is 5.97 Å². The second-order valence-corrected chi connectivity index (χ2v) is 4.48. The highest BCUT2D eigenvalue weighted by Gasteiger charge is 2.44. The van der Waals surface area contributed by atoms with Crippen LogP contribution in [-0.2, 0) is 4.79 Å². The molecular weight excluding hydrogens is 253 g/mol. The third-order valence-corrected chi connectivity index (χ3v) is 3.17.